The first-order valence-electron chi connectivity index (χ1n) is 10.6. The number of alkyl halides is 4. The molecular weight excluding hydrogens is 460 g/mol. The van der Waals surface area contributed by atoms with Crippen LogP contribution in [0.4, 0.5) is 23.2 Å². The molecule has 1 spiro atoms. The lowest BCUT2D eigenvalue weighted by molar-refractivity contribution is -0.138. The predicted molar refractivity (Wildman–Crippen MR) is 110 cm³/mol. The number of halogens is 4. The van der Waals surface area contributed by atoms with Crippen molar-refractivity contribution in [1.82, 2.24) is 24.9 Å². The van der Waals surface area contributed by atoms with Crippen LogP contribution < -0.4 is 10.5 Å². The molecule has 13 heteroatoms. The number of aromatic nitrogens is 5. The Kier molecular flexibility index (Phi) is 5.38. The van der Waals surface area contributed by atoms with E-state index in [-0.39, 0.29) is 35.8 Å². The molecule has 0 saturated carbocycles. The fraction of sp³-hybridized carbons (Fsp3) is 0.476. The molecule has 1 atom stereocenters. The van der Waals surface area contributed by atoms with Gasteiger partial charge in [-0.2, -0.15) is 18.3 Å². The van der Waals surface area contributed by atoms with Gasteiger partial charge in [0.15, 0.2) is 11.5 Å². The first-order chi connectivity index (χ1) is 16.1. The van der Waals surface area contributed by atoms with Crippen molar-refractivity contribution >= 4 is 5.69 Å². The van der Waals surface area contributed by atoms with Gasteiger partial charge in [-0.3, -0.25) is 4.79 Å². The maximum atomic E-state index is 13.3. The van der Waals surface area contributed by atoms with E-state index in [1.54, 1.807) is 13.1 Å². The first-order valence-corrected chi connectivity index (χ1v) is 10.6. The zero-order valence-electron chi connectivity index (χ0n) is 18.0. The second-order valence-corrected chi connectivity index (χ2v) is 8.55. The van der Waals surface area contributed by atoms with Gasteiger partial charge in [0.1, 0.15) is 17.5 Å². The third-order valence-electron chi connectivity index (χ3n) is 6.15. The van der Waals surface area contributed by atoms with E-state index in [9.17, 15) is 22.4 Å². The molecule has 5 rings (SSSR count). The second-order valence-electron chi connectivity index (χ2n) is 8.55. The van der Waals surface area contributed by atoms with E-state index in [4.69, 9.17) is 9.26 Å². The summed E-state index contributed by atoms with van der Waals surface area (Å²) in [5.41, 5.74) is -0.538. The van der Waals surface area contributed by atoms with E-state index >= 15 is 0 Å². The van der Waals surface area contributed by atoms with Gasteiger partial charge >= 0.3 is 6.18 Å². The molecule has 0 aromatic carbocycles. The number of anilines is 1. The van der Waals surface area contributed by atoms with Crippen LogP contribution >= 0.6 is 0 Å². The Labute approximate surface area is 190 Å². The van der Waals surface area contributed by atoms with Gasteiger partial charge in [-0.1, -0.05) is 5.16 Å². The molecule has 2 aliphatic rings. The summed E-state index contributed by atoms with van der Waals surface area (Å²) >= 11 is 0. The summed E-state index contributed by atoms with van der Waals surface area (Å²) in [6.07, 6.45) is -1.50. The molecule has 5 heterocycles. The minimum Gasteiger partial charge on any atom is -0.368 e. The topological polar surface area (TPSA) is 99.2 Å². The highest BCUT2D eigenvalue weighted by Crippen LogP contribution is 2.37. The molecule has 0 bridgehead atoms. The van der Waals surface area contributed by atoms with Gasteiger partial charge in [-0.25, -0.2) is 19.0 Å². The number of nitrogens with zero attached hydrogens (tertiary/aromatic N) is 6. The quantitative estimate of drug-likeness (QED) is 0.526. The lowest BCUT2D eigenvalue weighted by atomic mass is 9.85. The molecule has 0 radical (unpaired) electrons. The summed E-state index contributed by atoms with van der Waals surface area (Å²) in [5.74, 6) is 0.306. The van der Waals surface area contributed by atoms with Crippen molar-refractivity contribution in [2.24, 2.45) is 0 Å². The van der Waals surface area contributed by atoms with Crippen LogP contribution in [-0.2, 0) is 17.5 Å². The largest absolute Gasteiger partial charge is 0.419 e. The lowest BCUT2D eigenvalue weighted by Gasteiger charge is -2.52. The summed E-state index contributed by atoms with van der Waals surface area (Å²) in [6, 6.07) is 1.44. The highest BCUT2D eigenvalue weighted by Gasteiger charge is 2.47. The van der Waals surface area contributed by atoms with Gasteiger partial charge in [0, 0.05) is 37.1 Å². The average Bonchev–Trinajstić information content (AvgIpc) is 3.14. The summed E-state index contributed by atoms with van der Waals surface area (Å²) < 4.78 is 63.7. The normalized spacial score (nSPS) is 19.9. The van der Waals surface area contributed by atoms with Crippen LogP contribution in [0.2, 0.25) is 0 Å². The van der Waals surface area contributed by atoms with Crippen LogP contribution in [0.3, 0.4) is 0 Å². The fourth-order valence-corrected chi connectivity index (χ4v) is 4.14. The molecular formula is C21H20F4N6O3. The number of ether oxygens (including phenoxy) is 1. The van der Waals surface area contributed by atoms with Gasteiger partial charge in [-0.05, 0) is 19.8 Å². The van der Waals surface area contributed by atoms with E-state index in [0.717, 1.165) is 0 Å². The van der Waals surface area contributed by atoms with Crippen LogP contribution in [0.1, 0.15) is 29.7 Å². The lowest BCUT2D eigenvalue weighted by Crippen LogP contribution is -2.65. The Morgan fingerprint density at radius 3 is 2.56 bits per heavy atom. The van der Waals surface area contributed by atoms with Gasteiger partial charge in [0.05, 0.1) is 30.6 Å². The monoisotopic (exact) mass is 480 g/mol. The van der Waals surface area contributed by atoms with Crippen molar-refractivity contribution in [3.8, 4) is 11.5 Å². The maximum absolute atomic E-state index is 13.3. The van der Waals surface area contributed by atoms with E-state index in [0.29, 0.717) is 55.3 Å². The number of hydrogen-bond donors (Lipinski definition) is 0. The Bertz CT molecular complexity index is 1240. The minimum atomic E-state index is -4.56. The van der Waals surface area contributed by atoms with Crippen LogP contribution in [0.15, 0.2) is 34.0 Å². The Morgan fingerprint density at radius 2 is 1.94 bits per heavy atom. The van der Waals surface area contributed by atoms with Crippen molar-refractivity contribution in [3.63, 3.8) is 0 Å². The Hall–Kier alpha value is -3.35. The molecule has 0 amide bonds. The summed E-state index contributed by atoms with van der Waals surface area (Å²) in [6.45, 7) is 2.80. The second kappa shape index (κ2) is 8.15. The average molecular weight is 480 g/mol. The molecule has 3 aromatic rings. The zero-order chi connectivity index (χ0) is 24.1. The first kappa shape index (κ1) is 22.4. The molecule has 180 valence electrons. The number of aryl methyl sites for hydroxylation is 1. The van der Waals surface area contributed by atoms with E-state index in [1.165, 1.54) is 10.7 Å². The molecule has 2 aliphatic heterocycles. The molecule has 1 unspecified atom stereocenters. The zero-order valence-corrected chi connectivity index (χ0v) is 18.0. The standard InChI is InChI=1S/C21H20F4N6O3/c1-12-16(18(29-34-12)19-26-5-13(6-27-19)21(23,24)25)8-31-17(32)4-15(7-28-31)30-10-20(11-30)3-2-14(22)9-33-20/h4-7,14H,2-3,8-11H2,1H3. The molecule has 0 N–H and O–H groups in total. The minimum absolute atomic E-state index is 0.0287. The van der Waals surface area contributed by atoms with Crippen molar-refractivity contribution in [3.05, 3.63) is 51.9 Å². The van der Waals surface area contributed by atoms with Crippen LogP contribution in [0, 0.1) is 6.92 Å². The number of rotatable bonds is 4. The van der Waals surface area contributed by atoms with Crippen molar-refractivity contribution in [2.45, 2.75) is 44.3 Å². The van der Waals surface area contributed by atoms with Gasteiger partial charge in [0.25, 0.3) is 5.56 Å². The van der Waals surface area contributed by atoms with Gasteiger partial charge < -0.3 is 14.2 Å². The summed E-state index contributed by atoms with van der Waals surface area (Å²) in [4.78, 5) is 22.2. The molecule has 34 heavy (non-hydrogen) atoms. The van der Waals surface area contributed by atoms with Crippen LogP contribution in [0.5, 0.6) is 0 Å². The predicted octanol–water partition coefficient (Wildman–Crippen LogP) is 2.77. The van der Waals surface area contributed by atoms with Crippen molar-refractivity contribution < 1.29 is 26.8 Å². The Balaban J connectivity index is 1.32. The summed E-state index contributed by atoms with van der Waals surface area (Å²) in [5, 5.41) is 8.08. The molecule has 0 aliphatic carbocycles. The third kappa shape index (κ3) is 4.15. The smallest absolute Gasteiger partial charge is 0.368 e. The van der Waals surface area contributed by atoms with Crippen LogP contribution in [-0.4, -0.2) is 56.4 Å². The highest BCUT2D eigenvalue weighted by atomic mass is 19.4. The highest BCUT2D eigenvalue weighted by molar-refractivity contribution is 5.55. The Morgan fingerprint density at radius 1 is 1.21 bits per heavy atom. The number of hydrogen-bond acceptors (Lipinski definition) is 8. The SMILES string of the molecule is Cc1onc(-c2ncc(C(F)(F)F)cn2)c1Cn1ncc(N2CC3(CCC(F)CO3)C2)cc1=O. The van der Waals surface area contributed by atoms with Crippen molar-refractivity contribution in [1.29, 1.82) is 0 Å². The third-order valence-corrected chi connectivity index (χ3v) is 6.15. The van der Waals surface area contributed by atoms with Gasteiger partial charge in [0.2, 0.25) is 0 Å². The summed E-state index contributed by atoms with van der Waals surface area (Å²) in [7, 11) is 0. The molecule has 2 saturated heterocycles. The van der Waals surface area contributed by atoms with Gasteiger partial charge in [-0.15, -0.1) is 0 Å². The molecule has 3 aromatic heterocycles. The fourth-order valence-electron chi connectivity index (χ4n) is 4.14. The van der Waals surface area contributed by atoms with Crippen LogP contribution in [0.25, 0.3) is 11.5 Å². The molecule has 2 fully saturated rings. The van der Waals surface area contributed by atoms with E-state index in [1.807, 2.05) is 4.90 Å². The molecule has 9 nitrogen and oxygen atoms in total. The maximum Gasteiger partial charge on any atom is 0.419 e. The van der Waals surface area contributed by atoms with E-state index in [2.05, 4.69) is 20.2 Å². The van der Waals surface area contributed by atoms with E-state index < -0.39 is 17.9 Å². The van der Waals surface area contributed by atoms with Crippen molar-refractivity contribution in [2.75, 3.05) is 24.6 Å².